The first kappa shape index (κ1) is 5.06. The molecule has 2 N–H and O–H groups in total. The Bertz CT molecular complexity index is 260. The Morgan fingerprint density at radius 2 is 2.44 bits per heavy atom. The van der Waals surface area contributed by atoms with Gasteiger partial charge in [-0.05, 0) is 0 Å². The quantitative estimate of drug-likeness (QED) is 0.580. The van der Waals surface area contributed by atoms with Crippen molar-refractivity contribution >= 4 is 23.1 Å². The molecule has 46 valence electrons. The van der Waals surface area contributed by atoms with Crippen LogP contribution in [0, 0.1) is 0 Å². The fourth-order valence-corrected chi connectivity index (χ4v) is 1.96. The molecule has 0 aromatic carbocycles. The molecule has 1 aliphatic rings. The second kappa shape index (κ2) is 1.61. The standard InChI is InChI=1S/C7H7NS/c8-6-4-9-7-3-1-2-5(6)7/h1-2,4H,3,8H2. The lowest BCUT2D eigenvalue weighted by molar-refractivity contribution is 1.40. The zero-order valence-corrected chi connectivity index (χ0v) is 5.74. The fourth-order valence-electron chi connectivity index (χ4n) is 1.05. The molecule has 1 heterocycles. The van der Waals surface area contributed by atoms with Gasteiger partial charge in [-0.25, -0.2) is 0 Å². The highest BCUT2D eigenvalue weighted by Gasteiger charge is 2.08. The van der Waals surface area contributed by atoms with Crippen LogP contribution in [-0.2, 0) is 6.42 Å². The first-order chi connectivity index (χ1) is 4.38. The van der Waals surface area contributed by atoms with Crippen molar-refractivity contribution in [2.75, 3.05) is 5.73 Å². The summed E-state index contributed by atoms with van der Waals surface area (Å²) in [6.07, 6.45) is 5.33. The van der Waals surface area contributed by atoms with Crippen molar-refractivity contribution in [3.05, 3.63) is 21.9 Å². The number of rotatable bonds is 0. The minimum absolute atomic E-state index is 0.934. The van der Waals surface area contributed by atoms with Gasteiger partial charge in [-0.15, -0.1) is 11.3 Å². The topological polar surface area (TPSA) is 26.0 Å². The number of allylic oxidation sites excluding steroid dienone is 1. The van der Waals surface area contributed by atoms with E-state index < -0.39 is 0 Å². The van der Waals surface area contributed by atoms with E-state index in [2.05, 4.69) is 12.2 Å². The summed E-state index contributed by atoms with van der Waals surface area (Å²) in [5.41, 5.74) is 7.84. The number of nitrogen functional groups attached to an aromatic ring is 1. The van der Waals surface area contributed by atoms with Crippen molar-refractivity contribution in [2.45, 2.75) is 6.42 Å². The molecule has 1 aromatic heterocycles. The third-order valence-electron chi connectivity index (χ3n) is 1.53. The molecule has 1 aromatic rings. The molecule has 1 nitrogen and oxygen atoms in total. The Labute approximate surface area is 57.8 Å². The van der Waals surface area contributed by atoms with Crippen LogP contribution in [0.2, 0.25) is 0 Å². The molecule has 2 rings (SSSR count). The number of fused-ring (bicyclic) bond motifs is 1. The van der Waals surface area contributed by atoms with Gasteiger partial charge in [0.15, 0.2) is 0 Å². The molecular weight excluding hydrogens is 130 g/mol. The van der Waals surface area contributed by atoms with Crippen LogP contribution in [0.3, 0.4) is 0 Å². The van der Waals surface area contributed by atoms with Gasteiger partial charge >= 0.3 is 0 Å². The smallest absolute Gasteiger partial charge is 0.0499 e. The van der Waals surface area contributed by atoms with Crippen LogP contribution in [0.25, 0.3) is 6.08 Å². The van der Waals surface area contributed by atoms with Crippen molar-refractivity contribution in [1.29, 1.82) is 0 Å². The summed E-state index contributed by atoms with van der Waals surface area (Å²) in [5.74, 6) is 0. The molecule has 0 aliphatic heterocycles. The third kappa shape index (κ3) is 0.598. The predicted octanol–water partition coefficient (Wildman–Crippen LogP) is 1.90. The SMILES string of the molecule is Nc1csc2c1C=CC2. The summed E-state index contributed by atoms with van der Waals surface area (Å²) in [4.78, 5) is 1.41. The monoisotopic (exact) mass is 137 g/mol. The van der Waals surface area contributed by atoms with E-state index in [1.165, 1.54) is 10.4 Å². The van der Waals surface area contributed by atoms with Gasteiger partial charge in [0.25, 0.3) is 0 Å². The molecule has 1 aliphatic carbocycles. The maximum absolute atomic E-state index is 5.65. The Hall–Kier alpha value is -0.760. The van der Waals surface area contributed by atoms with Gasteiger partial charge in [0.1, 0.15) is 0 Å². The molecule has 0 saturated carbocycles. The summed E-state index contributed by atoms with van der Waals surface area (Å²) in [5, 5.41) is 2.01. The average molecular weight is 137 g/mol. The first-order valence-corrected chi connectivity index (χ1v) is 3.78. The van der Waals surface area contributed by atoms with Crippen molar-refractivity contribution in [2.24, 2.45) is 0 Å². The second-order valence-electron chi connectivity index (χ2n) is 2.13. The fraction of sp³-hybridized carbons (Fsp3) is 0.143. The summed E-state index contributed by atoms with van der Waals surface area (Å²) in [7, 11) is 0. The number of nitrogens with two attached hydrogens (primary N) is 1. The molecule has 0 bridgehead atoms. The van der Waals surface area contributed by atoms with E-state index >= 15 is 0 Å². The summed E-state index contributed by atoms with van der Waals surface area (Å²) in [6, 6.07) is 0. The van der Waals surface area contributed by atoms with Crippen molar-refractivity contribution < 1.29 is 0 Å². The zero-order chi connectivity index (χ0) is 6.27. The maximum Gasteiger partial charge on any atom is 0.0499 e. The van der Waals surface area contributed by atoms with Gasteiger partial charge in [0.2, 0.25) is 0 Å². The number of anilines is 1. The van der Waals surface area contributed by atoms with E-state index in [1.807, 2.05) is 5.38 Å². The molecule has 0 unspecified atom stereocenters. The molecule has 0 atom stereocenters. The van der Waals surface area contributed by atoms with E-state index in [1.54, 1.807) is 11.3 Å². The van der Waals surface area contributed by atoms with Crippen LogP contribution < -0.4 is 5.73 Å². The van der Waals surface area contributed by atoms with E-state index in [4.69, 9.17) is 5.73 Å². The predicted molar refractivity (Wildman–Crippen MR) is 41.5 cm³/mol. The Morgan fingerprint density at radius 1 is 1.56 bits per heavy atom. The summed E-state index contributed by atoms with van der Waals surface area (Å²) >= 11 is 1.75. The second-order valence-corrected chi connectivity index (χ2v) is 3.10. The minimum atomic E-state index is 0.934. The highest BCUT2D eigenvalue weighted by molar-refractivity contribution is 7.10. The van der Waals surface area contributed by atoms with Crippen LogP contribution in [-0.4, -0.2) is 0 Å². The van der Waals surface area contributed by atoms with Crippen LogP contribution in [0.1, 0.15) is 10.4 Å². The minimum Gasteiger partial charge on any atom is -0.398 e. The summed E-state index contributed by atoms with van der Waals surface area (Å²) < 4.78 is 0. The van der Waals surface area contributed by atoms with Gasteiger partial charge < -0.3 is 5.73 Å². The molecule has 0 spiro atoms. The largest absolute Gasteiger partial charge is 0.398 e. The van der Waals surface area contributed by atoms with E-state index in [9.17, 15) is 0 Å². The molecular formula is C7H7NS. The zero-order valence-electron chi connectivity index (χ0n) is 4.92. The van der Waals surface area contributed by atoms with Gasteiger partial charge in [-0.2, -0.15) is 0 Å². The molecule has 9 heavy (non-hydrogen) atoms. The van der Waals surface area contributed by atoms with Crippen LogP contribution >= 0.6 is 11.3 Å². The highest BCUT2D eigenvalue weighted by atomic mass is 32.1. The van der Waals surface area contributed by atoms with Crippen molar-refractivity contribution in [1.82, 2.24) is 0 Å². The van der Waals surface area contributed by atoms with Gasteiger partial charge in [-0.3, -0.25) is 0 Å². The molecule has 2 heteroatoms. The van der Waals surface area contributed by atoms with Crippen LogP contribution in [0.5, 0.6) is 0 Å². The van der Waals surface area contributed by atoms with Crippen LogP contribution in [0.15, 0.2) is 11.5 Å². The third-order valence-corrected chi connectivity index (χ3v) is 2.57. The highest BCUT2D eigenvalue weighted by Crippen LogP contribution is 2.30. The molecule has 0 saturated heterocycles. The van der Waals surface area contributed by atoms with Gasteiger partial charge in [0, 0.05) is 27.9 Å². The van der Waals surface area contributed by atoms with Crippen molar-refractivity contribution in [3.8, 4) is 0 Å². The van der Waals surface area contributed by atoms with E-state index in [-0.39, 0.29) is 0 Å². The van der Waals surface area contributed by atoms with Crippen molar-refractivity contribution in [3.63, 3.8) is 0 Å². The Balaban J connectivity index is 2.67. The maximum atomic E-state index is 5.65. The van der Waals surface area contributed by atoms with Crippen LogP contribution in [0.4, 0.5) is 5.69 Å². The van der Waals surface area contributed by atoms with E-state index in [0.717, 1.165) is 12.1 Å². The lowest BCUT2D eigenvalue weighted by Gasteiger charge is -1.85. The Kier molecular flexibility index (Phi) is 0.904. The normalized spacial score (nSPS) is 14.2. The van der Waals surface area contributed by atoms with Gasteiger partial charge in [-0.1, -0.05) is 12.2 Å². The Morgan fingerprint density at radius 3 is 3.22 bits per heavy atom. The summed E-state index contributed by atoms with van der Waals surface area (Å²) in [6.45, 7) is 0. The first-order valence-electron chi connectivity index (χ1n) is 2.90. The lowest BCUT2D eigenvalue weighted by Crippen LogP contribution is -1.82. The van der Waals surface area contributed by atoms with Gasteiger partial charge in [0.05, 0.1) is 0 Å². The molecule has 0 fully saturated rings. The van der Waals surface area contributed by atoms with E-state index in [0.29, 0.717) is 0 Å². The molecule has 0 amide bonds. The lowest BCUT2D eigenvalue weighted by atomic mass is 10.3. The number of thiophene rings is 1. The molecule has 0 radical (unpaired) electrons. The average Bonchev–Trinajstić information content (AvgIpc) is 2.35. The number of hydrogen-bond donors (Lipinski definition) is 1. The number of hydrogen-bond acceptors (Lipinski definition) is 2.